The molecule has 182 valence electrons. The van der Waals surface area contributed by atoms with Gasteiger partial charge in [0.25, 0.3) is 5.91 Å². The van der Waals surface area contributed by atoms with Crippen molar-refractivity contribution in [2.45, 2.75) is 40.3 Å². The molecule has 0 atom stereocenters. The summed E-state index contributed by atoms with van der Waals surface area (Å²) in [6, 6.07) is 11.8. The summed E-state index contributed by atoms with van der Waals surface area (Å²) in [6.45, 7) is 9.05. The van der Waals surface area contributed by atoms with Crippen molar-refractivity contribution >= 4 is 17.5 Å². The Kier molecular flexibility index (Phi) is 7.82. The lowest BCUT2D eigenvalue weighted by atomic mass is 10.1. The molecular weight excluding hydrogens is 440 g/mol. The molecule has 4 rings (SSSR count). The third kappa shape index (κ3) is 6.08. The van der Waals surface area contributed by atoms with Crippen LogP contribution in [0.4, 0.5) is 5.69 Å². The molecule has 35 heavy (non-hydrogen) atoms. The molecule has 3 heterocycles. The molecule has 0 N–H and O–H groups in total. The first-order valence-corrected chi connectivity index (χ1v) is 12.0. The van der Waals surface area contributed by atoms with Crippen LogP contribution in [-0.2, 0) is 17.9 Å². The minimum Gasteiger partial charge on any atom is -0.333 e. The van der Waals surface area contributed by atoms with Gasteiger partial charge in [-0.25, -0.2) is 9.97 Å². The summed E-state index contributed by atoms with van der Waals surface area (Å²) in [5, 5.41) is 0. The number of anilines is 1. The molecule has 0 spiro atoms. The molecule has 0 saturated carbocycles. The Labute approximate surface area is 206 Å². The zero-order valence-corrected chi connectivity index (χ0v) is 20.6. The summed E-state index contributed by atoms with van der Waals surface area (Å²) in [6.07, 6.45) is 6.09. The van der Waals surface area contributed by atoms with Crippen LogP contribution in [0, 0.1) is 13.8 Å². The van der Waals surface area contributed by atoms with Gasteiger partial charge in [0.05, 0.1) is 11.3 Å². The third-order valence-electron chi connectivity index (χ3n) is 6.31. The summed E-state index contributed by atoms with van der Waals surface area (Å²) >= 11 is 0. The molecule has 2 amide bonds. The maximum Gasteiger partial charge on any atom is 0.257 e. The zero-order valence-electron chi connectivity index (χ0n) is 20.6. The number of amides is 2. The number of nitrogens with zero attached hydrogens (tertiary/aromatic N) is 6. The van der Waals surface area contributed by atoms with E-state index in [1.165, 1.54) is 0 Å². The summed E-state index contributed by atoms with van der Waals surface area (Å²) in [5.74, 6) is 0.532. The van der Waals surface area contributed by atoms with Crippen molar-refractivity contribution in [3.63, 3.8) is 0 Å². The SMILES string of the molecule is CC(=O)N1CCCN(Cc2cccnc2)CCN(C(=O)c2cnc(C)nc2C)Cc2ccccc21. The predicted octanol–water partition coefficient (Wildman–Crippen LogP) is 3.39. The number of rotatable bonds is 3. The molecule has 1 aliphatic heterocycles. The number of fused-ring (bicyclic) bond motifs is 1. The first-order chi connectivity index (χ1) is 16.9. The fourth-order valence-electron chi connectivity index (χ4n) is 4.51. The highest BCUT2D eigenvalue weighted by Gasteiger charge is 2.24. The molecule has 8 nitrogen and oxygen atoms in total. The van der Waals surface area contributed by atoms with Crippen molar-refractivity contribution in [2.24, 2.45) is 0 Å². The second-order valence-electron chi connectivity index (χ2n) is 8.93. The van der Waals surface area contributed by atoms with E-state index in [2.05, 4.69) is 25.9 Å². The Bertz CT molecular complexity index is 1180. The average molecular weight is 473 g/mol. The lowest BCUT2D eigenvalue weighted by Crippen LogP contribution is -2.39. The molecule has 1 aliphatic rings. The van der Waals surface area contributed by atoms with Gasteiger partial charge in [-0.15, -0.1) is 0 Å². The van der Waals surface area contributed by atoms with Crippen LogP contribution < -0.4 is 4.90 Å². The van der Waals surface area contributed by atoms with Crippen LogP contribution in [0.1, 0.15) is 46.3 Å². The number of benzene rings is 1. The van der Waals surface area contributed by atoms with E-state index in [1.54, 1.807) is 19.3 Å². The number of carbonyl (C=O) groups is 2. The topological polar surface area (TPSA) is 82.5 Å². The molecule has 8 heteroatoms. The molecule has 0 fully saturated rings. The monoisotopic (exact) mass is 472 g/mol. The fourth-order valence-corrected chi connectivity index (χ4v) is 4.51. The largest absolute Gasteiger partial charge is 0.333 e. The molecule has 3 aromatic rings. The standard InChI is InChI=1S/C27H32N6O2/c1-20-25(17-29-21(2)30-20)27(35)32-15-14-31(18-23-8-6-11-28-16-23)12-7-13-33(22(3)34)26-10-5-4-9-24(26)19-32/h4-6,8-11,16-17H,7,12-15,18-19H2,1-3H3. The van der Waals surface area contributed by atoms with Gasteiger partial charge in [0.15, 0.2) is 0 Å². The summed E-state index contributed by atoms with van der Waals surface area (Å²) < 4.78 is 0. The number of aromatic nitrogens is 3. The highest BCUT2D eigenvalue weighted by atomic mass is 16.2. The second kappa shape index (κ2) is 11.2. The quantitative estimate of drug-likeness (QED) is 0.581. The molecule has 1 aromatic carbocycles. The van der Waals surface area contributed by atoms with Gasteiger partial charge in [0, 0.05) is 70.5 Å². The van der Waals surface area contributed by atoms with Gasteiger partial charge in [-0.2, -0.15) is 0 Å². The first kappa shape index (κ1) is 24.5. The van der Waals surface area contributed by atoms with E-state index in [0.29, 0.717) is 43.3 Å². The van der Waals surface area contributed by atoms with E-state index in [0.717, 1.165) is 36.3 Å². The van der Waals surface area contributed by atoms with Crippen LogP contribution in [0.3, 0.4) is 0 Å². The smallest absolute Gasteiger partial charge is 0.257 e. The number of carbonyl (C=O) groups excluding carboxylic acids is 2. The number of pyridine rings is 1. The Hall–Kier alpha value is -3.65. The minimum atomic E-state index is -0.104. The number of para-hydroxylation sites is 1. The van der Waals surface area contributed by atoms with Crippen molar-refractivity contribution < 1.29 is 9.59 Å². The number of hydrogen-bond donors (Lipinski definition) is 0. The Balaban J connectivity index is 1.68. The lowest BCUT2D eigenvalue weighted by Gasteiger charge is -2.28. The highest BCUT2D eigenvalue weighted by Crippen LogP contribution is 2.24. The number of aryl methyl sites for hydroxylation is 2. The van der Waals surface area contributed by atoms with E-state index in [-0.39, 0.29) is 11.8 Å². The van der Waals surface area contributed by atoms with Crippen LogP contribution in [0.25, 0.3) is 0 Å². The van der Waals surface area contributed by atoms with Crippen LogP contribution in [0.2, 0.25) is 0 Å². The summed E-state index contributed by atoms with van der Waals surface area (Å²) in [5.41, 5.74) is 4.10. The van der Waals surface area contributed by atoms with Gasteiger partial charge < -0.3 is 9.80 Å². The van der Waals surface area contributed by atoms with Crippen molar-refractivity contribution in [2.75, 3.05) is 31.1 Å². The molecule has 2 aromatic heterocycles. The lowest BCUT2D eigenvalue weighted by molar-refractivity contribution is -0.116. The Morgan fingerprint density at radius 2 is 1.80 bits per heavy atom. The Morgan fingerprint density at radius 3 is 2.54 bits per heavy atom. The highest BCUT2D eigenvalue weighted by molar-refractivity contribution is 5.95. The molecule has 0 unspecified atom stereocenters. The minimum absolute atomic E-state index is 0.00355. The van der Waals surface area contributed by atoms with Crippen molar-refractivity contribution in [1.29, 1.82) is 0 Å². The fraction of sp³-hybridized carbons (Fsp3) is 0.370. The van der Waals surface area contributed by atoms with Crippen LogP contribution in [-0.4, -0.2) is 62.7 Å². The van der Waals surface area contributed by atoms with Crippen LogP contribution in [0.5, 0.6) is 0 Å². The second-order valence-corrected chi connectivity index (χ2v) is 8.93. The first-order valence-electron chi connectivity index (χ1n) is 12.0. The van der Waals surface area contributed by atoms with E-state index in [9.17, 15) is 9.59 Å². The van der Waals surface area contributed by atoms with Gasteiger partial charge in [-0.1, -0.05) is 24.3 Å². The van der Waals surface area contributed by atoms with Crippen molar-refractivity contribution in [1.82, 2.24) is 24.8 Å². The van der Waals surface area contributed by atoms with Gasteiger partial charge in [-0.3, -0.25) is 19.5 Å². The van der Waals surface area contributed by atoms with Crippen molar-refractivity contribution in [3.8, 4) is 0 Å². The third-order valence-corrected chi connectivity index (χ3v) is 6.31. The van der Waals surface area contributed by atoms with E-state index >= 15 is 0 Å². The maximum absolute atomic E-state index is 13.7. The van der Waals surface area contributed by atoms with Crippen LogP contribution in [0.15, 0.2) is 55.0 Å². The van der Waals surface area contributed by atoms with Crippen LogP contribution >= 0.6 is 0 Å². The van der Waals surface area contributed by atoms with E-state index in [4.69, 9.17) is 0 Å². The Morgan fingerprint density at radius 1 is 0.971 bits per heavy atom. The molecule has 0 bridgehead atoms. The molecular formula is C27H32N6O2. The van der Waals surface area contributed by atoms with Gasteiger partial charge >= 0.3 is 0 Å². The average Bonchev–Trinajstić information content (AvgIpc) is 2.87. The summed E-state index contributed by atoms with van der Waals surface area (Å²) in [7, 11) is 0. The van der Waals surface area contributed by atoms with E-state index < -0.39 is 0 Å². The van der Waals surface area contributed by atoms with Gasteiger partial charge in [-0.05, 0) is 43.5 Å². The van der Waals surface area contributed by atoms with E-state index in [1.807, 2.05) is 60.2 Å². The summed E-state index contributed by atoms with van der Waals surface area (Å²) in [4.78, 5) is 45.2. The predicted molar refractivity (Wildman–Crippen MR) is 135 cm³/mol. The molecule has 0 radical (unpaired) electrons. The van der Waals surface area contributed by atoms with Gasteiger partial charge in [0.2, 0.25) is 5.91 Å². The number of hydrogen-bond acceptors (Lipinski definition) is 6. The van der Waals surface area contributed by atoms with Gasteiger partial charge in [0.1, 0.15) is 5.82 Å². The zero-order chi connectivity index (χ0) is 24.8. The normalized spacial score (nSPS) is 15.3. The molecule has 0 saturated heterocycles. The van der Waals surface area contributed by atoms with Crippen molar-refractivity contribution in [3.05, 3.63) is 83.2 Å². The molecule has 0 aliphatic carbocycles. The maximum atomic E-state index is 13.7.